The van der Waals surface area contributed by atoms with E-state index in [1.165, 1.54) is 44.6 Å². The summed E-state index contributed by atoms with van der Waals surface area (Å²) in [6.45, 7) is 11.6. The van der Waals surface area contributed by atoms with Crippen LogP contribution in [0.5, 0.6) is 0 Å². The molecule has 0 unspecified atom stereocenters. The highest BCUT2D eigenvalue weighted by molar-refractivity contribution is 6.89. The molecule has 0 N–H and O–H groups in total. The van der Waals surface area contributed by atoms with Crippen molar-refractivity contribution in [1.82, 2.24) is 0 Å². The maximum atomic E-state index is 5.88. The van der Waals surface area contributed by atoms with Crippen LogP contribution in [0.2, 0.25) is 17.1 Å². The lowest BCUT2D eigenvalue weighted by atomic mass is 10.1. The van der Waals surface area contributed by atoms with Gasteiger partial charge in [-0.15, -0.1) is 12.0 Å². The molecule has 1 heteroatoms. The van der Waals surface area contributed by atoms with E-state index in [2.05, 4.69) is 40.2 Å². The maximum absolute atomic E-state index is 5.88. The van der Waals surface area contributed by atoms with E-state index in [-0.39, 0.29) is 0 Å². The van der Waals surface area contributed by atoms with E-state index in [1.54, 1.807) is 0 Å². The predicted molar refractivity (Wildman–Crippen MR) is 83.0 cm³/mol. The van der Waals surface area contributed by atoms with Gasteiger partial charge < -0.3 is 0 Å². The molecule has 0 radical (unpaired) electrons. The molecule has 0 aliphatic heterocycles. The summed E-state index contributed by atoms with van der Waals surface area (Å²) in [5, 5.41) is 0. The molecule has 0 amide bonds. The first-order valence-electron chi connectivity index (χ1n) is 7.49. The van der Waals surface area contributed by atoms with E-state index in [4.69, 9.17) is 6.42 Å². The number of hydrogen-bond acceptors (Lipinski definition) is 0. The van der Waals surface area contributed by atoms with Gasteiger partial charge in [0.1, 0.15) is 8.07 Å². The molecule has 0 spiro atoms. The van der Waals surface area contributed by atoms with E-state index in [1.807, 2.05) is 0 Å². The second-order valence-corrected chi connectivity index (χ2v) is 11.2. The van der Waals surface area contributed by atoms with E-state index in [0.29, 0.717) is 0 Å². The van der Waals surface area contributed by atoms with Crippen LogP contribution in [0.1, 0.15) is 73.1 Å². The Morgan fingerprint density at radius 1 is 0.882 bits per heavy atom. The van der Waals surface area contributed by atoms with Crippen LogP contribution in [0.15, 0.2) is 0 Å². The van der Waals surface area contributed by atoms with Gasteiger partial charge in [0, 0.05) is 0 Å². The minimum absolute atomic E-state index is 0.725. The Hall–Kier alpha value is -0.223. The monoisotopic (exact) mass is 252 g/mol. The van der Waals surface area contributed by atoms with Gasteiger partial charge >= 0.3 is 0 Å². The lowest BCUT2D eigenvalue weighted by molar-refractivity contribution is 0.620. The van der Waals surface area contributed by atoms with E-state index < -0.39 is 8.07 Å². The van der Waals surface area contributed by atoms with Gasteiger partial charge in [0.15, 0.2) is 0 Å². The topological polar surface area (TPSA) is 0 Å². The van der Waals surface area contributed by atoms with E-state index >= 15 is 0 Å². The highest BCUT2D eigenvalue weighted by Gasteiger charge is 2.37. The largest absolute Gasteiger partial charge is 0.143 e. The number of unbranched alkanes of at least 4 members (excludes halogenated alkanes) is 5. The van der Waals surface area contributed by atoms with Crippen molar-refractivity contribution in [3.8, 4) is 12.0 Å². The molecule has 0 saturated carbocycles. The molecule has 0 nitrogen and oxygen atoms in total. The summed E-state index contributed by atoms with van der Waals surface area (Å²) in [4.78, 5) is 0. The van der Waals surface area contributed by atoms with Gasteiger partial charge in [-0.25, -0.2) is 0 Å². The zero-order valence-corrected chi connectivity index (χ0v) is 13.7. The average Bonchev–Trinajstić information content (AvgIpc) is 2.27. The number of terminal acetylenes is 1. The molecule has 17 heavy (non-hydrogen) atoms. The van der Waals surface area contributed by atoms with Crippen molar-refractivity contribution in [2.75, 3.05) is 0 Å². The first kappa shape index (κ1) is 16.8. The normalized spacial score (nSPS) is 12.1. The van der Waals surface area contributed by atoms with Crippen molar-refractivity contribution in [1.29, 1.82) is 0 Å². The molecule has 0 fully saturated rings. The van der Waals surface area contributed by atoms with Crippen LogP contribution in [0.3, 0.4) is 0 Å². The molecule has 0 atom stereocenters. The summed E-state index contributed by atoms with van der Waals surface area (Å²) < 4.78 is 0. The molecule has 0 saturated heterocycles. The van der Waals surface area contributed by atoms with Gasteiger partial charge in [-0.2, -0.15) is 0 Å². The molecule has 0 aromatic rings. The van der Waals surface area contributed by atoms with Gasteiger partial charge in [0.05, 0.1) is 0 Å². The van der Waals surface area contributed by atoms with Gasteiger partial charge in [-0.1, -0.05) is 73.1 Å². The Morgan fingerprint density at radius 2 is 1.35 bits per heavy atom. The predicted octanol–water partition coefficient (Wildman–Crippen LogP) is 5.79. The molecule has 0 aliphatic rings. The summed E-state index contributed by atoms with van der Waals surface area (Å²) in [7, 11) is -1.46. The molecule has 0 heterocycles. The highest BCUT2D eigenvalue weighted by atomic mass is 28.3. The van der Waals surface area contributed by atoms with Gasteiger partial charge in [0.2, 0.25) is 0 Å². The fourth-order valence-corrected chi connectivity index (χ4v) is 6.98. The first-order valence-corrected chi connectivity index (χ1v) is 9.85. The van der Waals surface area contributed by atoms with Crippen molar-refractivity contribution in [3.63, 3.8) is 0 Å². The zero-order chi connectivity index (χ0) is 13.3. The second-order valence-electron chi connectivity index (χ2n) is 6.01. The van der Waals surface area contributed by atoms with Crippen molar-refractivity contribution in [2.45, 2.75) is 90.3 Å². The minimum Gasteiger partial charge on any atom is -0.134 e. The van der Waals surface area contributed by atoms with Crippen molar-refractivity contribution < 1.29 is 0 Å². The fraction of sp³-hybridized carbons (Fsp3) is 0.875. The van der Waals surface area contributed by atoms with Gasteiger partial charge in [-0.3, -0.25) is 0 Å². The lowest BCUT2D eigenvalue weighted by Gasteiger charge is -2.34. The molecule has 0 aromatic carbocycles. The van der Waals surface area contributed by atoms with Gasteiger partial charge in [-0.05, 0) is 17.1 Å². The third-order valence-corrected chi connectivity index (χ3v) is 10.1. The Kier molecular flexibility index (Phi) is 8.69. The third-order valence-electron chi connectivity index (χ3n) is 4.27. The van der Waals surface area contributed by atoms with Gasteiger partial charge in [0.25, 0.3) is 0 Å². The molecular weight excluding hydrogens is 220 g/mol. The summed E-state index contributed by atoms with van der Waals surface area (Å²) in [6, 6.07) is 1.34. The zero-order valence-electron chi connectivity index (χ0n) is 12.7. The van der Waals surface area contributed by atoms with Crippen LogP contribution in [0.25, 0.3) is 0 Å². The third kappa shape index (κ3) is 5.30. The number of hydrogen-bond donors (Lipinski definition) is 0. The molecule has 0 rings (SSSR count). The van der Waals surface area contributed by atoms with Crippen molar-refractivity contribution in [2.24, 2.45) is 0 Å². The second kappa shape index (κ2) is 8.81. The first-order chi connectivity index (χ1) is 8.01. The molecule has 0 bridgehead atoms. The van der Waals surface area contributed by atoms with E-state index in [0.717, 1.165) is 11.1 Å². The standard InChI is InChI=1S/C16H32Si/c1-7-9-10-11-12-13-14-17(8-2,15(3)4)16(5)6/h2,15-16H,7,9-14H2,1,3-6H3. The lowest BCUT2D eigenvalue weighted by Crippen LogP contribution is -2.39. The van der Waals surface area contributed by atoms with Crippen LogP contribution >= 0.6 is 0 Å². The quantitative estimate of drug-likeness (QED) is 0.277. The van der Waals surface area contributed by atoms with Crippen molar-refractivity contribution in [3.05, 3.63) is 0 Å². The minimum atomic E-state index is -1.46. The Labute approximate surface area is 111 Å². The fourth-order valence-electron chi connectivity index (χ4n) is 2.85. The smallest absolute Gasteiger partial charge is 0.134 e. The molecule has 100 valence electrons. The Morgan fingerprint density at radius 3 is 1.76 bits per heavy atom. The Balaban J connectivity index is 4.07. The Bertz CT molecular complexity index is 214. The van der Waals surface area contributed by atoms with Crippen LogP contribution in [-0.4, -0.2) is 8.07 Å². The van der Waals surface area contributed by atoms with Crippen LogP contribution in [0, 0.1) is 12.0 Å². The molecular formula is C16H32Si. The maximum Gasteiger partial charge on any atom is 0.143 e. The molecule has 0 aromatic heterocycles. The SMILES string of the molecule is C#C[Si](CCCCCCCC)(C(C)C)C(C)C. The van der Waals surface area contributed by atoms with Crippen LogP contribution < -0.4 is 0 Å². The summed E-state index contributed by atoms with van der Waals surface area (Å²) in [6.07, 6.45) is 14.2. The summed E-state index contributed by atoms with van der Waals surface area (Å²) in [5.41, 5.74) is 4.71. The van der Waals surface area contributed by atoms with E-state index in [9.17, 15) is 0 Å². The van der Waals surface area contributed by atoms with Crippen molar-refractivity contribution >= 4 is 8.07 Å². The molecule has 0 aliphatic carbocycles. The van der Waals surface area contributed by atoms with Crippen LogP contribution in [-0.2, 0) is 0 Å². The van der Waals surface area contributed by atoms with Crippen LogP contribution in [0.4, 0.5) is 0 Å². The number of rotatable bonds is 9. The summed E-state index contributed by atoms with van der Waals surface area (Å²) in [5.74, 6) is 0. The summed E-state index contributed by atoms with van der Waals surface area (Å²) >= 11 is 0. The highest BCUT2D eigenvalue weighted by Crippen LogP contribution is 2.36. The average molecular weight is 253 g/mol.